The molecule has 1 aromatic carbocycles. The van der Waals surface area contributed by atoms with E-state index in [2.05, 4.69) is 10.3 Å². The molecule has 1 aliphatic heterocycles. The Hall–Kier alpha value is -2.89. The van der Waals surface area contributed by atoms with Crippen molar-refractivity contribution in [2.45, 2.75) is 46.2 Å². The zero-order valence-corrected chi connectivity index (χ0v) is 16.0. The molecule has 0 aliphatic carbocycles. The van der Waals surface area contributed by atoms with E-state index in [0.717, 1.165) is 28.9 Å². The van der Waals surface area contributed by atoms with Crippen LogP contribution in [0.3, 0.4) is 0 Å². The van der Waals surface area contributed by atoms with Gasteiger partial charge in [0.05, 0.1) is 0 Å². The van der Waals surface area contributed by atoms with Crippen molar-refractivity contribution in [3.05, 3.63) is 53.2 Å². The van der Waals surface area contributed by atoms with Crippen LogP contribution in [0.15, 0.2) is 36.5 Å². The minimum atomic E-state index is -0.473. The number of ether oxygens (including phenoxy) is 1. The van der Waals surface area contributed by atoms with Gasteiger partial charge in [0.25, 0.3) is 0 Å². The second-order valence-electron chi connectivity index (χ2n) is 6.88. The van der Waals surface area contributed by atoms with E-state index in [9.17, 15) is 9.59 Å². The highest BCUT2D eigenvalue weighted by Gasteiger charge is 2.29. The molecule has 142 valence electrons. The molecule has 3 rings (SSSR count). The van der Waals surface area contributed by atoms with Crippen molar-refractivity contribution >= 4 is 11.8 Å². The van der Waals surface area contributed by atoms with Crippen LogP contribution in [0.25, 0.3) is 0 Å². The standard InChI is InChI=1S/C21H25N3O3/c1-14-7-4-8-15(2)19(14)27-21-17(9-5-11-22-21)13-23-20(26)16(3)24-12-6-10-18(24)25/h4-5,7-9,11,16H,6,10,12-13H2,1-3H3,(H,23,26)/t16-/m1/s1. The first-order chi connectivity index (χ1) is 13.0. The Morgan fingerprint density at radius 1 is 1.26 bits per heavy atom. The number of pyridine rings is 1. The van der Waals surface area contributed by atoms with Gasteiger partial charge in [0.2, 0.25) is 17.7 Å². The predicted octanol–water partition coefficient (Wildman–Crippen LogP) is 3.12. The molecule has 0 unspecified atom stereocenters. The number of aryl methyl sites for hydroxylation is 2. The summed E-state index contributed by atoms with van der Waals surface area (Å²) in [6, 6.07) is 9.18. The smallest absolute Gasteiger partial charge is 0.242 e. The average Bonchev–Trinajstić information content (AvgIpc) is 3.09. The van der Waals surface area contributed by atoms with E-state index in [0.29, 0.717) is 25.4 Å². The minimum Gasteiger partial charge on any atom is -0.438 e. The number of amides is 2. The van der Waals surface area contributed by atoms with Crippen LogP contribution < -0.4 is 10.1 Å². The summed E-state index contributed by atoms with van der Waals surface area (Å²) >= 11 is 0. The molecule has 0 bridgehead atoms. The maximum Gasteiger partial charge on any atom is 0.242 e. The second kappa shape index (κ2) is 8.20. The Kier molecular flexibility index (Phi) is 5.74. The predicted molar refractivity (Wildman–Crippen MR) is 102 cm³/mol. The third-order valence-electron chi connectivity index (χ3n) is 4.87. The van der Waals surface area contributed by atoms with Crippen LogP contribution >= 0.6 is 0 Å². The van der Waals surface area contributed by atoms with Crippen LogP contribution in [0.1, 0.15) is 36.5 Å². The van der Waals surface area contributed by atoms with Crippen LogP contribution in [0.5, 0.6) is 11.6 Å². The van der Waals surface area contributed by atoms with Crippen molar-refractivity contribution in [2.24, 2.45) is 0 Å². The van der Waals surface area contributed by atoms with Gasteiger partial charge in [0.15, 0.2) is 0 Å². The maximum atomic E-state index is 12.5. The number of carbonyl (C=O) groups excluding carboxylic acids is 2. The van der Waals surface area contributed by atoms with Gasteiger partial charge < -0.3 is 15.0 Å². The fourth-order valence-electron chi connectivity index (χ4n) is 3.26. The van der Waals surface area contributed by atoms with Gasteiger partial charge in [-0.1, -0.05) is 24.3 Å². The van der Waals surface area contributed by atoms with E-state index in [4.69, 9.17) is 4.74 Å². The molecule has 2 aromatic rings. The summed E-state index contributed by atoms with van der Waals surface area (Å²) in [7, 11) is 0. The van der Waals surface area contributed by atoms with E-state index >= 15 is 0 Å². The molecule has 0 spiro atoms. The molecule has 0 saturated carbocycles. The van der Waals surface area contributed by atoms with E-state index in [1.807, 2.05) is 44.2 Å². The van der Waals surface area contributed by atoms with Crippen molar-refractivity contribution in [2.75, 3.05) is 6.54 Å². The molecule has 1 fully saturated rings. The second-order valence-corrected chi connectivity index (χ2v) is 6.88. The van der Waals surface area contributed by atoms with Gasteiger partial charge in [-0.05, 0) is 44.4 Å². The molecule has 0 radical (unpaired) electrons. The van der Waals surface area contributed by atoms with Gasteiger partial charge in [-0.3, -0.25) is 9.59 Å². The first-order valence-corrected chi connectivity index (χ1v) is 9.22. The molecular formula is C21H25N3O3. The Labute approximate surface area is 159 Å². The molecule has 6 nitrogen and oxygen atoms in total. The minimum absolute atomic E-state index is 0.0399. The number of para-hydroxylation sites is 1. The lowest BCUT2D eigenvalue weighted by molar-refractivity contribution is -0.136. The number of hydrogen-bond donors (Lipinski definition) is 1. The molecule has 1 atom stereocenters. The molecule has 2 heterocycles. The summed E-state index contributed by atoms with van der Waals surface area (Å²) in [6.45, 7) is 6.67. The van der Waals surface area contributed by atoms with Gasteiger partial charge >= 0.3 is 0 Å². The van der Waals surface area contributed by atoms with Gasteiger partial charge in [0.1, 0.15) is 11.8 Å². The Morgan fingerprint density at radius 2 is 2.00 bits per heavy atom. The largest absolute Gasteiger partial charge is 0.438 e. The molecular weight excluding hydrogens is 342 g/mol. The summed E-state index contributed by atoms with van der Waals surface area (Å²) in [6.07, 6.45) is 3.00. The quantitative estimate of drug-likeness (QED) is 0.851. The van der Waals surface area contributed by atoms with Crippen LogP contribution in [0.4, 0.5) is 0 Å². The van der Waals surface area contributed by atoms with Gasteiger partial charge in [0, 0.05) is 31.3 Å². The molecule has 27 heavy (non-hydrogen) atoms. The van der Waals surface area contributed by atoms with Crippen molar-refractivity contribution in [3.8, 4) is 11.6 Å². The van der Waals surface area contributed by atoms with Crippen molar-refractivity contribution in [1.29, 1.82) is 0 Å². The number of nitrogens with one attached hydrogen (secondary N) is 1. The number of benzene rings is 1. The first-order valence-electron chi connectivity index (χ1n) is 9.22. The zero-order chi connectivity index (χ0) is 19.4. The fourth-order valence-corrected chi connectivity index (χ4v) is 3.26. The SMILES string of the molecule is Cc1cccc(C)c1Oc1ncccc1CNC(=O)[C@@H](C)N1CCCC1=O. The lowest BCUT2D eigenvalue weighted by Gasteiger charge is -2.23. The third-order valence-corrected chi connectivity index (χ3v) is 4.87. The Balaban J connectivity index is 1.69. The first kappa shape index (κ1) is 18.9. The topological polar surface area (TPSA) is 71.5 Å². The van der Waals surface area contributed by atoms with E-state index < -0.39 is 6.04 Å². The highest BCUT2D eigenvalue weighted by atomic mass is 16.5. The monoisotopic (exact) mass is 367 g/mol. The number of hydrogen-bond acceptors (Lipinski definition) is 4. The number of likely N-dealkylation sites (tertiary alicyclic amines) is 1. The fraction of sp³-hybridized carbons (Fsp3) is 0.381. The summed E-state index contributed by atoms with van der Waals surface area (Å²) in [5.41, 5.74) is 2.84. The number of carbonyl (C=O) groups is 2. The van der Waals surface area contributed by atoms with Crippen molar-refractivity contribution in [3.63, 3.8) is 0 Å². The average molecular weight is 367 g/mol. The highest BCUT2D eigenvalue weighted by molar-refractivity contribution is 5.88. The molecule has 6 heteroatoms. The molecule has 1 saturated heterocycles. The summed E-state index contributed by atoms with van der Waals surface area (Å²) in [4.78, 5) is 30.3. The lowest BCUT2D eigenvalue weighted by atomic mass is 10.1. The van der Waals surface area contributed by atoms with E-state index in [1.165, 1.54) is 0 Å². The van der Waals surface area contributed by atoms with Gasteiger partial charge in [-0.2, -0.15) is 0 Å². The summed E-state index contributed by atoms with van der Waals surface area (Å²) < 4.78 is 6.05. The van der Waals surface area contributed by atoms with E-state index in [1.54, 1.807) is 18.0 Å². The number of rotatable bonds is 6. The molecule has 1 N–H and O–H groups in total. The highest BCUT2D eigenvalue weighted by Crippen LogP contribution is 2.29. The maximum absolute atomic E-state index is 12.5. The van der Waals surface area contributed by atoms with Crippen LogP contribution in [0.2, 0.25) is 0 Å². The Morgan fingerprint density at radius 3 is 2.67 bits per heavy atom. The van der Waals surface area contributed by atoms with Gasteiger partial charge in [-0.15, -0.1) is 0 Å². The Bertz CT molecular complexity index is 830. The summed E-state index contributed by atoms with van der Waals surface area (Å²) in [5.74, 6) is 1.12. The summed E-state index contributed by atoms with van der Waals surface area (Å²) in [5, 5.41) is 2.90. The molecule has 1 aliphatic rings. The van der Waals surface area contributed by atoms with Crippen LogP contribution in [0, 0.1) is 13.8 Å². The van der Waals surface area contributed by atoms with Crippen LogP contribution in [-0.4, -0.2) is 34.3 Å². The normalized spacial score (nSPS) is 14.9. The van der Waals surface area contributed by atoms with E-state index in [-0.39, 0.29) is 11.8 Å². The van der Waals surface area contributed by atoms with Crippen LogP contribution in [-0.2, 0) is 16.1 Å². The number of nitrogens with zero attached hydrogens (tertiary/aromatic N) is 2. The third kappa shape index (κ3) is 4.27. The number of aromatic nitrogens is 1. The molecule has 2 amide bonds. The zero-order valence-electron chi connectivity index (χ0n) is 16.0. The van der Waals surface area contributed by atoms with Crippen molar-refractivity contribution < 1.29 is 14.3 Å². The van der Waals surface area contributed by atoms with Gasteiger partial charge in [-0.25, -0.2) is 4.98 Å². The van der Waals surface area contributed by atoms with Crippen molar-refractivity contribution in [1.82, 2.24) is 15.2 Å². The molecule has 1 aromatic heterocycles. The lowest BCUT2D eigenvalue weighted by Crippen LogP contribution is -2.45.